The SMILES string of the molecule is C(=C\c1ccccc1)/CNCc1ncc[nH]1. The summed E-state index contributed by atoms with van der Waals surface area (Å²) in [7, 11) is 0. The molecule has 0 saturated heterocycles. The Balaban J connectivity index is 1.70. The molecule has 16 heavy (non-hydrogen) atoms. The van der Waals surface area contributed by atoms with Crippen LogP contribution in [-0.2, 0) is 6.54 Å². The molecule has 0 bridgehead atoms. The van der Waals surface area contributed by atoms with Crippen LogP contribution in [0.2, 0.25) is 0 Å². The van der Waals surface area contributed by atoms with E-state index in [0.717, 1.165) is 18.9 Å². The summed E-state index contributed by atoms with van der Waals surface area (Å²) in [6.07, 6.45) is 7.81. The molecule has 0 unspecified atom stereocenters. The van der Waals surface area contributed by atoms with Crippen LogP contribution in [0.25, 0.3) is 6.08 Å². The molecule has 0 fully saturated rings. The predicted molar refractivity (Wildman–Crippen MR) is 65.8 cm³/mol. The molecular formula is C13H15N3. The van der Waals surface area contributed by atoms with Gasteiger partial charge in [-0.15, -0.1) is 0 Å². The van der Waals surface area contributed by atoms with E-state index < -0.39 is 0 Å². The topological polar surface area (TPSA) is 40.7 Å². The second-order valence-corrected chi connectivity index (χ2v) is 3.48. The van der Waals surface area contributed by atoms with Gasteiger partial charge in [0, 0.05) is 18.9 Å². The van der Waals surface area contributed by atoms with Gasteiger partial charge in [-0.25, -0.2) is 4.98 Å². The minimum absolute atomic E-state index is 0.770. The summed E-state index contributed by atoms with van der Waals surface area (Å²) in [4.78, 5) is 7.18. The number of hydrogen-bond acceptors (Lipinski definition) is 2. The summed E-state index contributed by atoms with van der Waals surface area (Å²) >= 11 is 0. The summed E-state index contributed by atoms with van der Waals surface area (Å²) in [5.74, 6) is 0.966. The molecule has 3 heteroatoms. The zero-order valence-corrected chi connectivity index (χ0v) is 9.06. The lowest BCUT2D eigenvalue weighted by molar-refractivity contribution is 0.726. The van der Waals surface area contributed by atoms with E-state index in [9.17, 15) is 0 Å². The highest BCUT2D eigenvalue weighted by Gasteiger charge is 1.90. The number of H-pyrrole nitrogens is 1. The number of imidazole rings is 1. The van der Waals surface area contributed by atoms with Crippen LogP contribution in [-0.4, -0.2) is 16.5 Å². The van der Waals surface area contributed by atoms with Gasteiger partial charge in [-0.1, -0.05) is 42.5 Å². The third-order valence-corrected chi connectivity index (χ3v) is 2.22. The maximum Gasteiger partial charge on any atom is 0.120 e. The largest absolute Gasteiger partial charge is 0.348 e. The highest BCUT2D eigenvalue weighted by atomic mass is 15.0. The Morgan fingerprint density at radius 2 is 2.12 bits per heavy atom. The van der Waals surface area contributed by atoms with E-state index in [4.69, 9.17) is 0 Å². The Hall–Kier alpha value is -1.87. The van der Waals surface area contributed by atoms with Gasteiger partial charge < -0.3 is 10.3 Å². The minimum Gasteiger partial charge on any atom is -0.348 e. The van der Waals surface area contributed by atoms with Gasteiger partial charge in [-0.2, -0.15) is 0 Å². The zero-order chi connectivity index (χ0) is 11.1. The Labute approximate surface area is 95.2 Å². The number of rotatable bonds is 5. The summed E-state index contributed by atoms with van der Waals surface area (Å²) in [5.41, 5.74) is 1.22. The van der Waals surface area contributed by atoms with E-state index in [0.29, 0.717) is 0 Å². The molecule has 1 aromatic carbocycles. The molecule has 1 heterocycles. The first kappa shape index (κ1) is 10.6. The average Bonchev–Trinajstić information content (AvgIpc) is 2.83. The molecule has 2 N–H and O–H groups in total. The first-order chi connectivity index (χ1) is 7.95. The van der Waals surface area contributed by atoms with E-state index >= 15 is 0 Å². The predicted octanol–water partition coefficient (Wildman–Crippen LogP) is 2.21. The second kappa shape index (κ2) is 5.88. The monoisotopic (exact) mass is 213 g/mol. The highest BCUT2D eigenvalue weighted by molar-refractivity contribution is 5.48. The lowest BCUT2D eigenvalue weighted by Gasteiger charge is -1.97. The number of nitrogens with one attached hydrogen (secondary N) is 2. The van der Waals surface area contributed by atoms with E-state index in [1.54, 1.807) is 6.20 Å². The van der Waals surface area contributed by atoms with E-state index in [1.165, 1.54) is 5.56 Å². The molecule has 0 atom stereocenters. The third kappa shape index (κ3) is 3.37. The normalized spacial score (nSPS) is 11.0. The van der Waals surface area contributed by atoms with Crippen molar-refractivity contribution >= 4 is 6.08 Å². The Bertz CT molecular complexity index is 418. The summed E-state index contributed by atoms with van der Waals surface area (Å²) in [5, 5.41) is 3.28. The summed E-state index contributed by atoms with van der Waals surface area (Å²) in [6, 6.07) is 10.3. The van der Waals surface area contributed by atoms with Crippen LogP contribution in [0, 0.1) is 0 Å². The van der Waals surface area contributed by atoms with Crippen LogP contribution >= 0.6 is 0 Å². The standard InChI is InChI=1S/C13H15N3/c1-2-5-12(6-3-1)7-4-8-14-11-13-15-9-10-16-13/h1-7,9-10,14H,8,11H2,(H,15,16)/b7-4+. The third-order valence-electron chi connectivity index (χ3n) is 2.22. The van der Waals surface area contributed by atoms with Crippen LogP contribution in [0.15, 0.2) is 48.8 Å². The van der Waals surface area contributed by atoms with E-state index in [1.807, 2.05) is 24.4 Å². The maximum absolute atomic E-state index is 4.13. The molecule has 2 aromatic rings. The first-order valence-corrected chi connectivity index (χ1v) is 5.36. The smallest absolute Gasteiger partial charge is 0.120 e. The molecule has 0 radical (unpaired) electrons. The fourth-order valence-electron chi connectivity index (χ4n) is 1.43. The van der Waals surface area contributed by atoms with Gasteiger partial charge in [0.15, 0.2) is 0 Å². The van der Waals surface area contributed by atoms with Crippen molar-refractivity contribution in [1.29, 1.82) is 0 Å². The van der Waals surface area contributed by atoms with E-state index in [2.05, 4.69) is 39.6 Å². The zero-order valence-electron chi connectivity index (χ0n) is 9.06. The van der Waals surface area contributed by atoms with Gasteiger partial charge in [0.1, 0.15) is 5.82 Å². The van der Waals surface area contributed by atoms with Crippen molar-refractivity contribution < 1.29 is 0 Å². The van der Waals surface area contributed by atoms with Crippen molar-refractivity contribution in [2.45, 2.75) is 6.54 Å². The molecule has 0 spiro atoms. The van der Waals surface area contributed by atoms with Crippen LogP contribution in [0.1, 0.15) is 11.4 Å². The average molecular weight is 213 g/mol. The van der Waals surface area contributed by atoms with Gasteiger partial charge >= 0.3 is 0 Å². The maximum atomic E-state index is 4.13. The molecule has 3 nitrogen and oxygen atoms in total. The Morgan fingerprint density at radius 3 is 2.88 bits per heavy atom. The second-order valence-electron chi connectivity index (χ2n) is 3.48. The molecular weight excluding hydrogens is 198 g/mol. The highest BCUT2D eigenvalue weighted by Crippen LogP contribution is 1.99. The molecule has 0 aliphatic carbocycles. The molecule has 82 valence electrons. The minimum atomic E-state index is 0.770. The van der Waals surface area contributed by atoms with Crippen LogP contribution in [0.3, 0.4) is 0 Å². The quantitative estimate of drug-likeness (QED) is 0.748. The van der Waals surface area contributed by atoms with Crippen LogP contribution < -0.4 is 5.32 Å². The lowest BCUT2D eigenvalue weighted by atomic mass is 10.2. The number of aromatic nitrogens is 2. The van der Waals surface area contributed by atoms with Crippen molar-refractivity contribution in [3.8, 4) is 0 Å². The first-order valence-electron chi connectivity index (χ1n) is 5.36. The van der Waals surface area contributed by atoms with Gasteiger partial charge in [-0.05, 0) is 5.56 Å². The fourth-order valence-corrected chi connectivity index (χ4v) is 1.43. The van der Waals surface area contributed by atoms with Gasteiger partial charge in [0.05, 0.1) is 6.54 Å². The number of hydrogen-bond donors (Lipinski definition) is 2. The van der Waals surface area contributed by atoms with Gasteiger partial charge in [-0.3, -0.25) is 0 Å². The summed E-state index contributed by atoms with van der Waals surface area (Å²) in [6.45, 7) is 1.61. The number of nitrogens with zero attached hydrogens (tertiary/aromatic N) is 1. The lowest BCUT2D eigenvalue weighted by Crippen LogP contribution is -2.13. The number of benzene rings is 1. The van der Waals surface area contributed by atoms with E-state index in [-0.39, 0.29) is 0 Å². The van der Waals surface area contributed by atoms with Gasteiger partial charge in [0.2, 0.25) is 0 Å². The fraction of sp³-hybridized carbons (Fsp3) is 0.154. The van der Waals surface area contributed by atoms with Crippen molar-refractivity contribution in [2.75, 3.05) is 6.54 Å². The van der Waals surface area contributed by atoms with Crippen LogP contribution in [0.4, 0.5) is 0 Å². The molecule has 0 amide bonds. The molecule has 1 aromatic heterocycles. The van der Waals surface area contributed by atoms with Crippen molar-refractivity contribution in [1.82, 2.24) is 15.3 Å². The summed E-state index contributed by atoms with van der Waals surface area (Å²) < 4.78 is 0. The van der Waals surface area contributed by atoms with Crippen molar-refractivity contribution in [3.05, 3.63) is 60.2 Å². The number of aromatic amines is 1. The van der Waals surface area contributed by atoms with Crippen LogP contribution in [0.5, 0.6) is 0 Å². The molecule has 0 aliphatic heterocycles. The van der Waals surface area contributed by atoms with Gasteiger partial charge in [0.25, 0.3) is 0 Å². The van der Waals surface area contributed by atoms with Crippen molar-refractivity contribution in [3.63, 3.8) is 0 Å². The van der Waals surface area contributed by atoms with Crippen molar-refractivity contribution in [2.24, 2.45) is 0 Å². The molecule has 2 rings (SSSR count). The molecule has 0 saturated carbocycles. The molecule has 0 aliphatic rings. The Kier molecular flexibility index (Phi) is 3.91. The Morgan fingerprint density at radius 1 is 1.25 bits per heavy atom.